The molecule has 0 aliphatic rings. The summed E-state index contributed by atoms with van der Waals surface area (Å²) in [4.78, 5) is 0. The lowest BCUT2D eigenvalue weighted by Gasteiger charge is -2.04. The minimum Gasteiger partial charge on any atom is -0.430 e. The summed E-state index contributed by atoms with van der Waals surface area (Å²) in [6.07, 6.45) is -4.46. The van der Waals surface area contributed by atoms with Crippen LogP contribution in [0.5, 0.6) is 0 Å². The zero-order valence-corrected chi connectivity index (χ0v) is 6.92. The predicted molar refractivity (Wildman–Crippen MR) is 43.0 cm³/mol. The lowest BCUT2D eigenvalue weighted by atomic mass is 10.2. The van der Waals surface area contributed by atoms with E-state index < -0.39 is 25.2 Å². The maximum Gasteiger partial charge on any atom is 0.432 e. The molecule has 0 saturated heterocycles. The molecule has 7 heteroatoms. The quantitative estimate of drug-likeness (QED) is 0.496. The van der Waals surface area contributed by atoms with Crippen molar-refractivity contribution in [2.75, 3.05) is 0 Å². The molecule has 14 heavy (non-hydrogen) atoms. The Morgan fingerprint density at radius 2 is 1.64 bits per heavy atom. The summed E-state index contributed by atoms with van der Waals surface area (Å²) in [6.45, 7) is 0. The van der Waals surface area contributed by atoms with E-state index in [9.17, 15) is 17.6 Å². The molecule has 0 heterocycles. The summed E-state index contributed by atoms with van der Waals surface area (Å²) in [5.74, 6) is -0.875. The Morgan fingerprint density at radius 3 is 1.93 bits per heavy atom. The van der Waals surface area contributed by atoms with Gasteiger partial charge in [-0.3, -0.25) is 0 Å². The number of halogens is 4. The number of hydrogen-bond acceptors (Lipinski definition) is 2. The van der Waals surface area contributed by atoms with Crippen LogP contribution in [0, 0.1) is 5.82 Å². The van der Waals surface area contributed by atoms with Gasteiger partial charge in [-0.1, -0.05) is 6.07 Å². The Hall–Kier alpha value is -1.08. The molecule has 1 aromatic rings. The van der Waals surface area contributed by atoms with E-state index in [4.69, 9.17) is 10.0 Å². The molecule has 1 aromatic carbocycles. The Kier molecular flexibility index (Phi) is 5.18. The van der Waals surface area contributed by atoms with E-state index in [1.807, 2.05) is 0 Å². The summed E-state index contributed by atoms with van der Waals surface area (Å²) in [5.41, 5.74) is -0.961. The van der Waals surface area contributed by atoms with Crippen molar-refractivity contribution in [3.63, 3.8) is 0 Å². The fraction of sp³-hybridized carbons (Fsp3) is 0.143. The van der Waals surface area contributed by atoms with Gasteiger partial charge in [0.2, 0.25) is 0 Å². The van der Waals surface area contributed by atoms with E-state index in [1.165, 1.54) is 0 Å². The van der Waals surface area contributed by atoms with Crippen molar-refractivity contribution in [3.8, 4) is 0 Å². The molecule has 1 rings (SSSR count). The maximum absolute atomic E-state index is 12.2. The van der Waals surface area contributed by atoms with Crippen LogP contribution >= 0.6 is 0 Å². The molecule has 0 radical (unpaired) electrons. The number of benzene rings is 1. The van der Waals surface area contributed by atoms with Crippen LogP contribution in [0.2, 0.25) is 0 Å². The van der Waals surface area contributed by atoms with Gasteiger partial charge >= 0.3 is 13.9 Å². The van der Waals surface area contributed by atoms with Gasteiger partial charge in [-0.15, -0.1) is 0 Å². The van der Waals surface area contributed by atoms with Crippen LogP contribution in [0.3, 0.4) is 0 Å². The third-order valence-corrected chi connectivity index (χ3v) is 1.15. The highest BCUT2D eigenvalue weighted by molar-refractivity contribution is 6.13. The molecule has 78 valence electrons. The van der Waals surface area contributed by atoms with Crippen LogP contribution in [0.4, 0.5) is 17.6 Å². The summed E-state index contributed by atoms with van der Waals surface area (Å²) in [7, 11) is -0.750. The van der Waals surface area contributed by atoms with Gasteiger partial charge in [0, 0.05) is 0 Å². The van der Waals surface area contributed by atoms with Crippen LogP contribution in [0.25, 0.3) is 0 Å². The lowest BCUT2D eigenvalue weighted by Crippen LogP contribution is -2.04. The summed E-state index contributed by atoms with van der Waals surface area (Å²) < 4.78 is 47.6. The average Bonchev–Trinajstić information content (AvgIpc) is 2.04. The predicted octanol–water partition coefficient (Wildman–Crippen LogP) is 1.08. The van der Waals surface area contributed by atoms with E-state index in [1.54, 1.807) is 0 Å². The molecule has 0 aromatic heterocycles. The molecule has 0 bridgehead atoms. The molecule has 0 saturated carbocycles. The van der Waals surface area contributed by atoms with Crippen molar-refractivity contribution in [3.05, 3.63) is 35.6 Å². The molecule has 0 aliphatic carbocycles. The normalized spacial score (nSPS) is 10.1. The highest BCUT2D eigenvalue weighted by atomic mass is 19.4. The van der Waals surface area contributed by atoms with Gasteiger partial charge in [0.05, 0.1) is 5.56 Å². The number of alkyl halides is 3. The molecule has 0 fully saturated rings. The van der Waals surface area contributed by atoms with Crippen molar-refractivity contribution in [1.29, 1.82) is 0 Å². The van der Waals surface area contributed by atoms with Gasteiger partial charge in [0.1, 0.15) is 5.82 Å². The van der Waals surface area contributed by atoms with Crippen molar-refractivity contribution in [2.24, 2.45) is 0 Å². The van der Waals surface area contributed by atoms with E-state index in [0.29, 0.717) is 6.07 Å². The van der Waals surface area contributed by atoms with Crippen LogP contribution in [-0.4, -0.2) is 17.7 Å². The van der Waals surface area contributed by atoms with Gasteiger partial charge < -0.3 is 10.0 Å². The second kappa shape index (κ2) is 5.61. The zero-order chi connectivity index (χ0) is 11.2. The Labute approximate surface area is 78.1 Å². The topological polar surface area (TPSA) is 40.5 Å². The second-order valence-corrected chi connectivity index (χ2v) is 2.15. The fourth-order valence-electron chi connectivity index (χ4n) is 0.665. The summed E-state index contributed by atoms with van der Waals surface area (Å²) in [6, 6.07) is 3.27. The van der Waals surface area contributed by atoms with E-state index in [2.05, 4.69) is 0 Å². The van der Waals surface area contributed by atoms with E-state index in [0.717, 1.165) is 18.2 Å². The van der Waals surface area contributed by atoms with E-state index >= 15 is 0 Å². The Morgan fingerprint density at radius 1 is 1.14 bits per heavy atom. The van der Waals surface area contributed by atoms with Gasteiger partial charge in [-0.25, -0.2) is 4.39 Å². The molecule has 0 unspecified atom stereocenters. The second-order valence-electron chi connectivity index (χ2n) is 2.15. The van der Waals surface area contributed by atoms with Crippen LogP contribution in [-0.2, 0) is 6.18 Å². The standard InChI is InChI=1S/C7H4F4.BH3O2/c8-6-3-1-2-5(4-6)7(9,10)11;2-1-3/h1-4H;1-3H. The smallest absolute Gasteiger partial charge is 0.430 e. The van der Waals surface area contributed by atoms with Crippen molar-refractivity contribution < 1.29 is 27.6 Å². The van der Waals surface area contributed by atoms with Crippen LogP contribution in [0.15, 0.2) is 24.3 Å². The molecule has 0 amide bonds. The van der Waals surface area contributed by atoms with Crippen LogP contribution in [0.1, 0.15) is 5.56 Å². The van der Waals surface area contributed by atoms with E-state index in [-0.39, 0.29) is 0 Å². The maximum atomic E-state index is 12.2. The largest absolute Gasteiger partial charge is 0.432 e. The van der Waals surface area contributed by atoms with Gasteiger partial charge in [-0.2, -0.15) is 13.2 Å². The first kappa shape index (κ1) is 12.9. The Balaban J connectivity index is 0.000000500. The zero-order valence-electron chi connectivity index (χ0n) is 6.92. The third-order valence-electron chi connectivity index (χ3n) is 1.15. The minimum absolute atomic E-state index is 0.458. The SMILES string of the molecule is Fc1cccc(C(F)(F)F)c1.OBO. The molecule has 0 aliphatic heterocycles. The first-order valence-corrected chi connectivity index (χ1v) is 3.46. The summed E-state index contributed by atoms with van der Waals surface area (Å²) in [5, 5.41) is 14.2. The minimum atomic E-state index is -4.46. The first-order chi connectivity index (χ1) is 6.41. The monoisotopic (exact) mass is 210 g/mol. The van der Waals surface area contributed by atoms with Crippen molar-refractivity contribution in [2.45, 2.75) is 6.18 Å². The molecule has 2 N–H and O–H groups in total. The first-order valence-electron chi connectivity index (χ1n) is 3.46. The summed E-state index contributed by atoms with van der Waals surface area (Å²) >= 11 is 0. The van der Waals surface area contributed by atoms with Gasteiger partial charge in [-0.05, 0) is 18.2 Å². The van der Waals surface area contributed by atoms with Crippen LogP contribution < -0.4 is 0 Å². The Bertz CT molecular complexity index is 277. The van der Waals surface area contributed by atoms with Crippen molar-refractivity contribution in [1.82, 2.24) is 0 Å². The highest BCUT2D eigenvalue weighted by Crippen LogP contribution is 2.28. The molecule has 2 nitrogen and oxygen atoms in total. The average molecular weight is 210 g/mol. The van der Waals surface area contributed by atoms with Gasteiger partial charge in [0.15, 0.2) is 0 Å². The van der Waals surface area contributed by atoms with Crippen molar-refractivity contribution >= 4 is 7.69 Å². The number of hydrogen-bond donors (Lipinski definition) is 2. The lowest BCUT2D eigenvalue weighted by molar-refractivity contribution is -0.137. The molecular weight excluding hydrogens is 203 g/mol. The molecule has 0 atom stereocenters. The number of rotatable bonds is 0. The molecule has 0 spiro atoms. The molecular formula is C7H7BF4O2. The fourth-order valence-corrected chi connectivity index (χ4v) is 0.665. The van der Waals surface area contributed by atoms with Gasteiger partial charge in [0.25, 0.3) is 0 Å². The highest BCUT2D eigenvalue weighted by Gasteiger charge is 2.30. The third kappa shape index (κ3) is 4.83.